The zero-order valence-corrected chi connectivity index (χ0v) is 11.7. The van der Waals surface area contributed by atoms with Crippen molar-refractivity contribution in [2.24, 2.45) is 0 Å². The van der Waals surface area contributed by atoms with Gasteiger partial charge in [0.25, 0.3) is 0 Å². The number of hydrogen-bond donors (Lipinski definition) is 0. The highest BCUT2D eigenvalue weighted by Gasteiger charge is 2.10. The minimum absolute atomic E-state index is 0.389. The molecule has 0 aliphatic rings. The molecule has 0 atom stereocenters. The predicted molar refractivity (Wildman–Crippen MR) is 69.8 cm³/mol. The molecule has 2 rings (SSSR count). The summed E-state index contributed by atoms with van der Waals surface area (Å²) in [7, 11) is 0. The van der Waals surface area contributed by atoms with E-state index in [0.29, 0.717) is 17.9 Å². The zero-order valence-electron chi connectivity index (χ0n) is 10.1. The number of hydrogen-bond acceptors (Lipinski definition) is 4. The second-order valence-corrected chi connectivity index (χ2v) is 4.75. The Morgan fingerprint density at radius 2 is 2.22 bits per heavy atom. The van der Waals surface area contributed by atoms with Crippen LogP contribution in [0, 0.1) is 13.8 Å². The van der Waals surface area contributed by atoms with Gasteiger partial charge >= 0.3 is 0 Å². The van der Waals surface area contributed by atoms with Gasteiger partial charge in [0.2, 0.25) is 0 Å². The number of carbonyl (C=O) groups excluding carboxylic acids is 1. The Bertz CT molecular complexity index is 558. The Morgan fingerprint density at radius 3 is 2.78 bits per heavy atom. The highest BCUT2D eigenvalue weighted by Crippen LogP contribution is 2.27. The summed E-state index contributed by atoms with van der Waals surface area (Å²) in [6, 6.07) is 5.18. The molecular weight excluding hydrogens is 298 g/mol. The first-order chi connectivity index (χ1) is 8.61. The van der Waals surface area contributed by atoms with Gasteiger partial charge in [-0.2, -0.15) is 0 Å². The molecule has 0 N–H and O–H groups in total. The lowest BCUT2D eigenvalue weighted by atomic mass is 10.2. The van der Waals surface area contributed by atoms with Crippen LogP contribution in [0.25, 0.3) is 0 Å². The quantitative estimate of drug-likeness (QED) is 0.812. The average molecular weight is 310 g/mol. The molecule has 0 bridgehead atoms. The van der Waals surface area contributed by atoms with E-state index in [0.717, 1.165) is 27.8 Å². The molecule has 0 fully saturated rings. The van der Waals surface area contributed by atoms with E-state index in [1.165, 1.54) is 0 Å². The first-order valence-corrected chi connectivity index (χ1v) is 6.20. The van der Waals surface area contributed by atoms with Crippen LogP contribution in [0.5, 0.6) is 5.75 Å². The minimum atomic E-state index is 0.389. The Balaban J connectivity index is 2.13. The number of nitrogens with zero attached hydrogens (tertiary/aromatic N) is 1. The van der Waals surface area contributed by atoms with Crippen LogP contribution in [0.4, 0.5) is 0 Å². The summed E-state index contributed by atoms with van der Waals surface area (Å²) in [5.74, 6) is 1.44. The molecule has 0 unspecified atom stereocenters. The van der Waals surface area contributed by atoms with Crippen LogP contribution in [0.1, 0.15) is 27.4 Å². The van der Waals surface area contributed by atoms with Crippen LogP contribution < -0.4 is 4.74 Å². The molecule has 1 aromatic carbocycles. The van der Waals surface area contributed by atoms with Gasteiger partial charge in [0.1, 0.15) is 24.4 Å². The fourth-order valence-corrected chi connectivity index (χ4v) is 2.08. The van der Waals surface area contributed by atoms with Crippen molar-refractivity contribution in [3.63, 3.8) is 0 Å². The summed E-state index contributed by atoms with van der Waals surface area (Å²) in [5, 5.41) is 3.87. The molecule has 0 aliphatic heterocycles. The third kappa shape index (κ3) is 2.61. The first-order valence-electron chi connectivity index (χ1n) is 5.41. The van der Waals surface area contributed by atoms with Crippen LogP contribution in [0.3, 0.4) is 0 Å². The van der Waals surface area contributed by atoms with Crippen LogP contribution in [-0.2, 0) is 6.61 Å². The van der Waals surface area contributed by atoms with Crippen LogP contribution in [0.2, 0.25) is 0 Å². The monoisotopic (exact) mass is 309 g/mol. The molecular formula is C13H12BrNO3. The molecule has 4 nitrogen and oxygen atoms in total. The average Bonchev–Trinajstić information content (AvgIpc) is 2.68. The summed E-state index contributed by atoms with van der Waals surface area (Å²) in [4.78, 5) is 10.6. The summed E-state index contributed by atoms with van der Waals surface area (Å²) in [6.45, 7) is 4.11. The van der Waals surface area contributed by atoms with Gasteiger partial charge in [-0.15, -0.1) is 0 Å². The number of aryl methyl sites for hydroxylation is 2. The molecule has 5 heteroatoms. The minimum Gasteiger partial charge on any atom is -0.488 e. The van der Waals surface area contributed by atoms with E-state index < -0.39 is 0 Å². The Hall–Kier alpha value is -1.62. The third-order valence-electron chi connectivity index (χ3n) is 2.65. The third-order valence-corrected chi connectivity index (χ3v) is 3.26. The van der Waals surface area contributed by atoms with Crippen LogP contribution in [-0.4, -0.2) is 11.4 Å². The van der Waals surface area contributed by atoms with Gasteiger partial charge in [0, 0.05) is 5.56 Å². The highest BCUT2D eigenvalue weighted by atomic mass is 79.9. The summed E-state index contributed by atoms with van der Waals surface area (Å²) < 4.78 is 11.5. The number of rotatable bonds is 4. The fraction of sp³-hybridized carbons (Fsp3) is 0.231. The second kappa shape index (κ2) is 5.35. The van der Waals surface area contributed by atoms with Crippen molar-refractivity contribution in [3.05, 3.63) is 45.3 Å². The normalized spacial score (nSPS) is 10.4. The SMILES string of the molecule is Cc1noc(C)c1COc1ccc(C=O)cc1Br. The molecule has 18 heavy (non-hydrogen) atoms. The Morgan fingerprint density at radius 1 is 1.44 bits per heavy atom. The molecule has 0 amide bonds. The van der Waals surface area contributed by atoms with Gasteiger partial charge < -0.3 is 9.26 Å². The second-order valence-electron chi connectivity index (χ2n) is 3.90. The number of benzene rings is 1. The van der Waals surface area contributed by atoms with Crippen molar-refractivity contribution in [3.8, 4) is 5.75 Å². The maximum Gasteiger partial charge on any atom is 0.150 e. The standard InChI is InChI=1S/C13H12BrNO3/c1-8-11(9(2)18-15-8)7-17-13-4-3-10(6-16)5-12(13)14/h3-6H,7H2,1-2H3. The van der Waals surface area contributed by atoms with Gasteiger partial charge in [-0.1, -0.05) is 5.16 Å². The molecule has 2 aromatic rings. The van der Waals surface area contributed by atoms with Crippen molar-refractivity contribution >= 4 is 22.2 Å². The van der Waals surface area contributed by atoms with Crippen molar-refractivity contribution < 1.29 is 14.1 Å². The van der Waals surface area contributed by atoms with Gasteiger partial charge in [-0.25, -0.2) is 0 Å². The maximum absolute atomic E-state index is 10.6. The van der Waals surface area contributed by atoms with Gasteiger partial charge in [-0.05, 0) is 48.0 Å². The number of carbonyl (C=O) groups is 1. The molecule has 0 radical (unpaired) electrons. The fourth-order valence-electron chi connectivity index (χ4n) is 1.57. The zero-order chi connectivity index (χ0) is 13.1. The maximum atomic E-state index is 10.6. The lowest BCUT2D eigenvalue weighted by Crippen LogP contribution is -1.98. The Kier molecular flexibility index (Phi) is 3.81. The highest BCUT2D eigenvalue weighted by molar-refractivity contribution is 9.10. The topological polar surface area (TPSA) is 52.3 Å². The lowest BCUT2D eigenvalue weighted by Gasteiger charge is -2.08. The molecule has 0 saturated carbocycles. The van der Waals surface area contributed by atoms with Crippen molar-refractivity contribution in [1.29, 1.82) is 0 Å². The molecule has 1 aromatic heterocycles. The summed E-state index contributed by atoms with van der Waals surface area (Å²) in [5.41, 5.74) is 2.38. The number of halogens is 1. The predicted octanol–water partition coefficient (Wildman–Crippen LogP) is 3.45. The van der Waals surface area contributed by atoms with Gasteiger partial charge in [0.05, 0.1) is 15.7 Å². The van der Waals surface area contributed by atoms with E-state index >= 15 is 0 Å². The lowest BCUT2D eigenvalue weighted by molar-refractivity contribution is 0.112. The molecule has 1 heterocycles. The summed E-state index contributed by atoms with van der Waals surface area (Å²) >= 11 is 3.37. The largest absolute Gasteiger partial charge is 0.488 e. The number of ether oxygens (including phenoxy) is 1. The van der Waals surface area contributed by atoms with Crippen LogP contribution >= 0.6 is 15.9 Å². The van der Waals surface area contributed by atoms with Crippen molar-refractivity contribution in [2.45, 2.75) is 20.5 Å². The summed E-state index contributed by atoms with van der Waals surface area (Å²) in [6.07, 6.45) is 0.794. The van der Waals surface area contributed by atoms with Gasteiger partial charge in [0.15, 0.2) is 0 Å². The number of aldehydes is 1. The van der Waals surface area contributed by atoms with E-state index in [1.807, 2.05) is 13.8 Å². The van der Waals surface area contributed by atoms with Crippen molar-refractivity contribution in [2.75, 3.05) is 0 Å². The smallest absolute Gasteiger partial charge is 0.150 e. The molecule has 0 spiro atoms. The van der Waals surface area contributed by atoms with Crippen molar-refractivity contribution in [1.82, 2.24) is 5.16 Å². The Labute approximate surface area is 113 Å². The van der Waals surface area contributed by atoms with Gasteiger partial charge in [-0.3, -0.25) is 4.79 Å². The molecule has 0 saturated heterocycles. The molecule has 0 aliphatic carbocycles. The van der Waals surface area contributed by atoms with E-state index in [4.69, 9.17) is 9.26 Å². The first kappa shape index (κ1) is 12.8. The van der Waals surface area contributed by atoms with E-state index in [-0.39, 0.29) is 0 Å². The van der Waals surface area contributed by atoms with E-state index in [9.17, 15) is 4.79 Å². The van der Waals surface area contributed by atoms with E-state index in [1.54, 1.807) is 18.2 Å². The number of aromatic nitrogens is 1. The molecule has 94 valence electrons. The van der Waals surface area contributed by atoms with E-state index in [2.05, 4.69) is 21.1 Å². The van der Waals surface area contributed by atoms with Crippen LogP contribution in [0.15, 0.2) is 27.2 Å².